The Morgan fingerprint density at radius 2 is 2.10 bits per heavy atom. The number of hydrogen-bond acceptors (Lipinski definition) is 3. The smallest absolute Gasteiger partial charge is 0.225 e. The van der Waals surface area contributed by atoms with E-state index >= 15 is 0 Å². The molecule has 1 heterocycles. The van der Waals surface area contributed by atoms with Crippen LogP contribution < -0.4 is 10.2 Å². The van der Waals surface area contributed by atoms with Gasteiger partial charge in [0.05, 0.1) is 5.92 Å². The molecule has 0 bridgehead atoms. The topological polar surface area (TPSA) is 52.7 Å². The first-order valence-electron chi connectivity index (χ1n) is 7.36. The van der Waals surface area contributed by atoms with Crippen molar-refractivity contribution in [1.82, 2.24) is 10.2 Å². The summed E-state index contributed by atoms with van der Waals surface area (Å²) in [4.78, 5) is 27.1. The number of anilines is 1. The summed E-state index contributed by atoms with van der Waals surface area (Å²) in [5.74, 6) is -0.136. The van der Waals surface area contributed by atoms with Crippen LogP contribution in [0.2, 0.25) is 0 Å². The molecule has 0 radical (unpaired) electrons. The predicted molar refractivity (Wildman–Crippen MR) is 83.1 cm³/mol. The van der Waals surface area contributed by atoms with Gasteiger partial charge in [-0.15, -0.1) is 0 Å². The lowest BCUT2D eigenvalue weighted by molar-refractivity contribution is -0.128. The molecule has 5 heteroatoms. The normalized spacial score (nSPS) is 17.9. The number of nitrogens with one attached hydrogen (secondary N) is 1. The lowest BCUT2D eigenvalue weighted by atomic mass is 10.1. The molecule has 114 valence electrons. The van der Waals surface area contributed by atoms with E-state index in [1.807, 2.05) is 25.2 Å². The number of amides is 2. The third-order valence-electron chi connectivity index (χ3n) is 3.88. The first kappa shape index (κ1) is 15.4. The first-order chi connectivity index (χ1) is 10.1. The van der Waals surface area contributed by atoms with Crippen LogP contribution in [0.1, 0.15) is 12.8 Å². The van der Waals surface area contributed by atoms with Crippen LogP contribution in [-0.4, -0.2) is 50.4 Å². The number of rotatable bonds is 6. The van der Waals surface area contributed by atoms with Crippen molar-refractivity contribution in [2.75, 3.05) is 38.6 Å². The van der Waals surface area contributed by atoms with Crippen molar-refractivity contribution in [2.45, 2.75) is 12.8 Å². The third kappa shape index (κ3) is 4.21. The maximum absolute atomic E-state index is 11.9. The van der Waals surface area contributed by atoms with Gasteiger partial charge in [-0.2, -0.15) is 0 Å². The molecule has 0 saturated carbocycles. The molecule has 5 nitrogen and oxygen atoms in total. The average Bonchev–Trinajstić information content (AvgIpc) is 2.84. The highest BCUT2D eigenvalue weighted by molar-refractivity contribution is 5.89. The molecule has 0 aromatic heterocycles. The Labute approximate surface area is 125 Å². The van der Waals surface area contributed by atoms with Crippen molar-refractivity contribution in [3.05, 3.63) is 30.3 Å². The lowest BCUT2D eigenvalue weighted by Gasteiger charge is -2.19. The quantitative estimate of drug-likeness (QED) is 0.798. The summed E-state index contributed by atoms with van der Waals surface area (Å²) in [5.41, 5.74) is 1.17. The van der Waals surface area contributed by atoms with Gasteiger partial charge >= 0.3 is 0 Å². The standard InChI is InChI=1S/C16H23N3O2/c1-18(14-7-4-3-5-8-14)10-6-9-17-16(21)13-11-15(20)19(2)12-13/h3-5,7-8,13H,6,9-12H2,1-2H3,(H,17,21)/t13-/m0/s1. The number of hydrogen-bond donors (Lipinski definition) is 1. The highest BCUT2D eigenvalue weighted by Gasteiger charge is 2.31. The van der Waals surface area contributed by atoms with E-state index in [9.17, 15) is 9.59 Å². The number of carbonyl (C=O) groups is 2. The van der Waals surface area contributed by atoms with Crippen molar-refractivity contribution < 1.29 is 9.59 Å². The molecule has 1 aromatic rings. The van der Waals surface area contributed by atoms with Crippen LogP contribution in [0.4, 0.5) is 5.69 Å². The Hall–Kier alpha value is -2.04. The number of likely N-dealkylation sites (tertiary alicyclic amines) is 1. The fourth-order valence-electron chi connectivity index (χ4n) is 2.52. The van der Waals surface area contributed by atoms with Gasteiger partial charge in [-0.25, -0.2) is 0 Å². The van der Waals surface area contributed by atoms with Crippen molar-refractivity contribution >= 4 is 17.5 Å². The van der Waals surface area contributed by atoms with Crippen LogP contribution in [0.5, 0.6) is 0 Å². The highest BCUT2D eigenvalue weighted by atomic mass is 16.2. The second-order valence-electron chi connectivity index (χ2n) is 5.58. The molecule has 1 aromatic carbocycles. The van der Waals surface area contributed by atoms with Crippen LogP contribution in [0.3, 0.4) is 0 Å². The van der Waals surface area contributed by atoms with Crippen LogP contribution in [0.15, 0.2) is 30.3 Å². The highest BCUT2D eigenvalue weighted by Crippen LogP contribution is 2.15. The minimum atomic E-state index is -0.186. The Balaban J connectivity index is 1.66. The average molecular weight is 289 g/mol. The molecule has 1 fully saturated rings. The largest absolute Gasteiger partial charge is 0.375 e. The van der Waals surface area contributed by atoms with E-state index < -0.39 is 0 Å². The Kier molecular flexibility index (Phi) is 5.20. The summed E-state index contributed by atoms with van der Waals surface area (Å²) in [7, 11) is 3.78. The van der Waals surface area contributed by atoms with E-state index in [4.69, 9.17) is 0 Å². The van der Waals surface area contributed by atoms with E-state index in [-0.39, 0.29) is 17.7 Å². The van der Waals surface area contributed by atoms with Crippen LogP contribution in [0.25, 0.3) is 0 Å². The molecule has 1 aliphatic rings. The van der Waals surface area contributed by atoms with Gasteiger partial charge in [-0.3, -0.25) is 9.59 Å². The summed E-state index contributed by atoms with van der Waals surface area (Å²) >= 11 is 0. The molecule has 21 heavy (non-hydrogen) atoms. The SMILES string of the molecule is CN1C[C@@H](C(=O)NCCCN(C)c2ccccc2)CC1=O. The summed E-state index contributed by atoms with van der Waals surface area (Å²) in [6.45, 7) is 2.06. The lowest BCUT2D eigenvalue weighted by Crippen LogP contribution is -2.34. The van der Waals surface area contributed by atoms with Crippen molar-refractivity contribution in [3.8, 4) is 0 Å². The van der Waals surface area contributed by atoms with Gasteiger partial charge in [0, 0.05) is 45.8 Å². The van der Waals surface area contributed by atoms with Gasteiger partial charge < -0.3 is 15.1 Å². The Morgan fingerprint density at radius 1 is 1.38 bits per heavy atom. The minimum absolute atomic E-state index is 0.00457. The molecule has 2 rings (SSSR count). The zero-order chi connectivity index (χ0) is 15.2. The van der Waals surface area contributed by atoms with Gasteiger partial charge in [0.1, 0.15) is 0 Å². The summed E-state index contributed by atoms with van der Waals surface area (Å²) in [5, 5.41) is 2.93. The zero-order valence-corrected chi connectivity index (χ0v) is 12.7. The molecule has 0 unspecified atom stereocenters. The van der Waals surface area contributed by atoms with Crippen LogP contribution in [0, 0.1) is 5.92 Å². The monoisotopic (exact) mass is 289 g/mol. The number of para-hydroxylation sites is 1. The maximum atomic E-state index is 11.9. The van der Waals surface area contributed by atoms with Crippen LogP contribution >= 0.6 is 0 Å². The van der Waals surface area contributed by atoms with Gasteiger partial charge in [-0.1, -0.05) is 18.2 Å². The number of carbonyl (C=O) groups excluding carboxylic acids is 2. The predicted octanol–water partition coefficient (Wildman–Crippen LogP) is 1.11. The summed E-state index contributed by atoms with van der Waals surface area (Å²) in [6.07, 6.45) is 1.22. The fraction of sp³-hybridized carbons (Fsp3) is 0.500. The number of nitrogens with zero attached hydrogens (tertiary/aromatic N) is 2. The minimum Gasteiger partial charge on any atom is -0.375 e. The van der Waals surface area contributed by atoms with Crippen LogP contribution in [-0.2, 0) is 9.59 Å². The molecule has 2 amide bonds. The molecule has 0 spiro atoms. The second kappa shape index (κ2) is 7.11. The molecular formula is C16H23N3O2. The molecule has 1 N–H and O–H groups in total. The molecule has 1 saturated heterocycles. The van der Waals surface area contributed by atoms with E-state index in [0.29, 0.717) is 19.5 Å². The van der Waals surface area contributed by atoms with Crippen molar-refractivity contribution in [1.29, 1.82) is 0 Å². The fourth-order valence-corrected chi connectivity index (χ4v) is 2.52. The molecule has 0 aliphatic carbocycles. The maximum Gasteiger partial charge on any atom is 0.225 e. The van der Waals surface area contributed by atoms with E-state index in [1.165, 1.54) is 5.69 Å². The van der Waals surface area contributed by atoms with Gasteiger partial charge in [0.25, 0.3) is 0 Å². The van der Waals surface area contributed by atoms with Gasteiger partial charge in [0.15, 0.2) is 0 Å². The Bertz CT molecular complexity index is 490. The van der Waals surface area contributed by atoms with Crippen molar-refractivity contribution in [2.24, 2.45) is 5.92 Å². The van der Waals surface area contributed by atoms with Crippen molar-refractivity contribution in [3.63, 3.8) is 0 Å². The molecule has 1 aliphatic heterocycles. The second-order valence-corrected chi connectivity index (χ2v) is 5.58. The summed E-state index contributed by atoms with van der Waals surface area (Å²) in [6, 6.07) is 10.2. The van der Waals surface area contributed by atoms with Gasteiger partial charge in [-0.05, 0) is 18.6 Å². The molecular weight excluding hydrogens is 266 g/mol. The number of benzene rings is 1. The van der Waals surface area contributed by atoms with Gasteiger partial charge in [0.2, 0.25) is 11.8 Å². The van der Waals surface area contributed by atoms with E-state index in [2.05, 4.69) is 22.3 Å². The first-order valence-corrected chi connectivity index (χ1v) is 7.36. The Morgan fingerprint density at radius 3 is 2.71 bits per heavy atom. The van der Waals surface area contributed by atoms with E-state index in [1.54, 1.807) is 11.9 Å². The van der Waals surface area contributed by atoms with E-state index in [0.717, 1.165) is 13.0 Å². The molecule has 1 atom stereocenters. The third-order valence-corrected chi connectivity index (χ3v) is 3.88. The summed E-state index contributed by atoms with van der Waals surface area (Å²) < 4.78 is 0. The zero-order valence-electron chi connectivity index (χ0n) is 12.7.